The first-order valence-electron chi connectivity index (χ1n) is 3.40. The fourth-order valence-electron chi connectivity index (χ4n) is 0.985. The summed E-state index contributed by atoms with van der Waals surface area (Å²) in [4.78, 5) is 4.15. The van der Waals surface area contributed by atoms with Gasteiger partial charge in [0.2, 0.25) is 0 Å². The van der Waals surface area contributed by atoms with Crippen LogP contribution in [-0.4, -0.2) is 4.98 Å². The van der Waals surface area contributed by atoms with E-state index >= 15 is 0 Å². The van der Waals surface area contributed by atoms with Crippen LogP contribution in [0.2, 0.25) is 5.15 Å². The smallest absolute Gasteiger partial charge is 0.137 e. The van der Waals surface area contributed by atoms with Crippen molar-refractivity contribution in [1.82, 2.24) is 4.98 Å². The van der Waals surface area contributed by atoms with Crippen LogP contribution in [-0.2, 0) is 0 Å². The van der Waals surface area contributed by atoms with Crippen molar-refractivity contribution >= 4 is 11.6 Å². The van der Waals surface area contributed by atoms with Crippen molar-refractivity contribution in [2.75, 3.05) is 0 Å². The summed E-state index contributed by atoms with van der Waals surface area (Å²) in [5, 5.41) is 0.490. The first-order valence-corrected chi connectivity index (χ1v) is 3.78. The summed E-state index contributed by atoms with van der Waals surface area (Å²) in [7, 11) is 0. The van der Waals surface area contributed by atoms with E-state index in [9.17, 15) is 0 Å². The van der Waals surface area contributed by atoms with E-state index in [-0.39, 0.29) is 0 Å². The highest BCUT2D eigenvalue weighted by atomic mass is 35.5. The Morgan fingerprint density at radius 2 is 2.40 bits per heavy atom. The molecule has 0 spiro atoms. The van der Waals surface area contributed by atoms with E-state index < -0.39 is 0 Å². The monoisotopic (exact) mass is 152 g/mol. The van der Waals surface area contributed by atoms with Gasteiger partial charge in [0.1, 0.15) is 5.15 Å². The standard InChI is InChI=1S/C8H7ClN/c9-8-3-1-2-7(10-8)6-4-5-6/h1-2,6H,4-5H2. The topological polar surface area (TPSA) is 12.9 Å². The molecule has 0 aliphatic heterocycles. The Bertz CT molecular complexity index is 243. The van der Waals surface area contributed by atoms with E-state index in [0.29, 0.717) is 11.1 Å². The molecule has 0 atom stereocenters. The molecular formula is C8H7ClN. The maximum atomic E-state index is 5.65. The van der Waals surface area contributed by atoms with Gasteiger partial charge in [0.15, 0.2) is 0 Å². The Morgan fingerprint density at radius 1 is 1.60 bits per heavy atom. The van der Waals surface area contributed by atoms with E-state index in [2.05, 4.69) is 11.1 Å². The molecule has 51 valence electrons. The molecule has 10 heavy (non-hydrogen) atoms. The minimum atomic E-state index is 0.490. The fourth-order valence-corrected chi connectivity index (χ4v) is 1.15. The summed E-state index contributed by atoms with van der Waals surface area (Å²) in [5.74, 6) is 0.687. The third-order valence-corrected chi connectivity index (χ3v) is 1.87. The molecule has 1 aliphatic carbocycles. The van der Waals surface area contributed by atoms with Gasteiger partial charge in [-0.05, 0) is 25.0 Å². The summed E-state index contributed by atoms with van der Waals surface area (Å²) in [6.45, 7) is 0. The lowest BCUT2D eigenvalue weighted by Gasteiger charge is -1.94. The quantitative estimate of drug-likeness (QED) is 0.564. The van der Waals surface area contributed by atoms with Crippen molar-refractivity contribution in [1.29, 1.82) is 0 Å². The lowest BCUT2D eigenvalue weighted by atomic mass is 10.3. The minimum absolute atomic E-state index is 0.490. The molecule has 0 N–H and O–H groups in total. The van der Waals surface area contributed by atoms with E-state index in [1.165, 1.54) is 12.8 Å². The first-order chi connectivity index (χ1) is 4.86. The van der Waals surface area contributed by atoms with Crippen molar-refractivity contribution in [3.05, 3.63) is 29.0 Å². The first kappa shape index (κ1) is 6.17. The van der Waals surface area contributed by atoms with Gasteiger partial charge in [0.25, 0.3) is 0 Å². The van der Waals surface area contributed by atoms with E-state index in [0.717, 1.165) is 5.69 Å². The van der Waals surface area contributed by atoms with Gasteiger partial charge in [-0.1, -0.05) is 11.6 Å². The van der Waals surface area contributed by atoms with Gasteiger partial charge in [0, 0.05) is 17.7 Å². The summed E-state index contributed by atoms with van der Waals surface area (Å²) >= 11 is 5.65. The Kier molecular flexibility index (Phi) is 1.38. The average Bonchev–Trinajstić information content (AvgIpc) is 2.68. The number of pyridine rings is 1. The summed E-state index contributed by atoms with van der Waals surface area (Å²) < 4.78 is 0. The van der Waals surface area contributed by atoms with Gasteiger partial charge < -0.3 is 0 Å². The molecule has 1 nitrogen and oxygen atoms in total. The maximum Gasteiger partial charge on any atom is 0.137 e. The Labute approximate surface area is 65.0 Å². The molecule has 1 fully saturated rings. The zero-order valence-electron chi connectivity index (χ0n) is 5.47. The van der Waals surface area contributed by atoms with Crippen LogP contribution in [0.15, 0.2) is 12.1 Å². The molecule has 1 saturated carbocycles. The number of aromatic nitrogens is 1. The average molecular weight is 153 g/mol. The fraction of sp³-hybridized carbons (Fsp3) is 0.375. The van der Waals surface area contributed by atoms with Gasteiger partial charge in [0.05, 0.1) is 0 Å². The van der Waals surface area contributed by atoms with Gasteiger partial charge >= 0.3 is 0 Å². The highest BCUT2D eigenvalue weighted by molar-refractivity contribution is 6.29. The van der Waals surface area contributed by atoms with Crippen LogP contribution in [0.25, 0.3) is 0 Å². The van der Waals surface area contributed by atoms with Crippen molar-refractivity contribution in [2.24, 2.45) is 0 Å². The summed E-state index contributed by atoms with van der Waals surface area (Å²) in [5.41, 5.74) is 1.13. The predicted molar refractivity (Wildman–Crippen MR) is 40.1 cm³/mol. The number of hydrogen-bond donors (Lipinski definition) is 0. The van der Waals surface area contributed by atoms with Gasteiger partial charge in [-0.15, -0.1) is 0 Å². The molecule has 0 unspecified atom stereocenters. The number of halogens is 1. The van der Waals surface area contributed by atoms with Gasteiger partial charge in [-0.3, -0.25) is 0 Å². The molecule has 1 aromatic rings. The maximum absolute atomic E-state index is 5.65. The van der Waals surface area contributed by atoms with E-state index in [1.807, 2.05) is 12.1 Å². The minimum Gasteiger partial charge on any atom is -0.240 e. The second kappa shape index (κ2) is 2.24. The lowest BCUT2D eigenvalue weighted by Crippen LogP contribution is -1.84. The Hall–Kier alpha value is -0.560. The van der Waals surface area contributed by atoms with Crippen LogP contribution in [0, 0.1) is 6.07 Å². The largest absolute Gasteiger partial charge is 0.240 e. The second-order valence-electron chi connectivity index (χ2n) is 2.58. The number of rotatable bonds is 1. The SMILES string of the molecule is Clc1[c]ccc(C2CC2)n1. The van der Waals surface area contributed by atoms with E-state index in [1.54, 1.807) is 0 Å². The van der Waals surface area contributed by atoms with Crippen LogP contribution in [0.1, 0.15) is 24.5 Å². The zero-order valence-corrected chi connectivity index (χ0v) is 6.23. The number of nitrogens with zero attached hydrogens (tertiary/aromatic N) is 1. The molecule has 1 radical (unpaired) electrons. The third-order valence-electron chi connectivity index (χ3n) is 1.68. The molecule has 1 aromatic heterocycles. The van der Waals surface area contributed by atoms with Crippen LogP contribution in [0.4, 0.5) is 0 Å². The predicted octanol–water partition coefficient (Wildman–Crippen LogP) is 2.41. The summed E-state index contributed by atoms with van der Waals surface area (Å²) in [6, 6.07) is 6.63. The van der Waals surface area contributed by atoms with Gasteiger partial charge in [-0.2, -0.15) is 0 Å². The number of hydrogen-bond acceptors (Lipinski definition) is 1. The van der Waals surface area contributed by atoms with Crippen LogP contribution < -0.4 is 0 Å². The second-order valence-corrected chi connectivity index (χ2v) is 2.94. The van der Waals surface area contributed by atoms with Crippen molar-refractivity contribution in [3.63, 3.8) is 0 Å². The van der Waals surface area contributed by atoms with Crippen molar-refractivity contribution in [3.8, 4) is 0 Å². The molecule has 2 heteroatoms. The molecular weight excluding hydrogens is 146 g/mol. The zero-order chi connectivity index (χ0) is 6.97. The normalized spacial score (nSPS) is 17.3. The molecule has 2 rings (SSSR count). The summed E-state index contributed by atoms with van der Waals surface area (Å²) in [6.07, 6.45) is 2.54. The van der Waals surface area contributed by atoms with Gasteiger partial charge in [-0.25, -0.2) is 4.98 Å². The van der Waals surface area contributed by atoms with Crippen molar-refractivity contribution in [2.45, 2.75) is 18.8 Å². The Balaban J connectivity index is 2.32. The molecule has 0 saturated heterocycles. The molecule has 0 amide bonds. The molecule has 0 aromatic carbocycles. The molecule has 0 bridgehead atoms. The van der Waals surface area contributed by atoms with E-state index in [4.69, 9.17) is 11.6 Å². The lowest BCUT2D eigenvalue weighted by molar-refractivity contribution is 1.02. The molecule has 1 heterocycles. The highest BCUT2D eigenvalue weighted by Gasteiger charge is 2.24. The van der Waals surface area contributed by atoms with Crippen molar-refractivity contribution < 1.29 is 0 Å². The third kappa shape index (κ3) is 1.14. The Morgan fingerprint density at radius 3 is 3.00 bits per heavy atom. The highest BCUT2D eigenvalue weighted by Crippen LogP contribution is 2.38. The van der Waals surface area contributed by atoms with Crippen LogP contribution in [0.3, 0.4) is 0 Å². The molecule has 1 aliphatic rings. The van der Waals surface area contributed by atoms with Crippen LogP contribution >= 0.6 is 11.6 Å². The van der Waals surface area contributed by atoms with Crippen LogP contribution in [0.5, 0.6) is 0 Å².